The number of hydrogen-bond donors (Lipinski definition) is 2. The summed E-state index contributed by atoms with van der Waals surface area (Å²) in [6.07, 6.45) is -16.7. The summed E-state index contributed by atoms with van der Waals surface area (Å²) in [5.74, 6) is 0. The van der Waals surface area contributed by atoms with Gasteiger partial charge in [0.1, 0.15) is 5.69 Å². The summed E-state index contributed by atoms with van der Waals surface area (Å²) in [7, 11) is 0. The first kappa shape index (κ1) is 24.9. The van der Waals surface area contributed by atoms with E-state index in [1.807, 2.05) is 0 Å². The van der Waals surface area contributed by atoms with Crippen LogP contribution in [0, 0.1) is 0 Å². The predicted octanol–water partition coefficient (Wildman–Crippen LogP) is 5.75. The Morgan fingerprint density at radius 2 is 1.48 bits per heavy atom. The molecule has 172 valence electrons. The molecule has 0 aliphatic carbocycles. The molecule has 31 heavy (non-hydrogen) atoms. The third-order valence-corrected chi connectivity index (χ3v) is 4.18. The van der Waals surface area contributed by atoms with Gasteiger partial charge in [-0.2, -0.15) is 39.5 Å². The van der Waals surface area contributed by atoms with Crippen LogP contribution >= 0.6 is 0 Å². The Balaban J connectivity index is 2.22. The highest BCUT2D eigenvalue weighted by molar-refractivity contribution is 5.61. The number of nitrogens with zero attached hydrogens (tertiary/aromatic N) is 1. The quantitative estimate of drug-likeness (QED) is 0.409. The molecule has 2 N–H and O–H groups in total. The fourth-order valence-electron chi connectivity index (χ4n) is 2.64. The Morgan fingerprint density at radius 3 is 2.00 bits per heavy atom. The van der Waals surface area contributed by atoms with Crippen molar-refractivity contribution in [2.45, 2.75) is 37.5 Å². The maximum atomic E-state index is 13.2. The van der Waals surface area contributed by atoms with Gasteiger partial charge in [0.25, 0.3) is 0 Å². The Kier molecular flexibility index (Phi) is 7.58. The van der Waals surface area contributed by atoms with Crippen LogP contribution in [0.2, 0.25) is 0 Å². The minimum Gasteiger partial charge on any atom is -0.387 e. The summed E-state index contributed by atoms with van der Waals surface area (Å²) in [5, 5.41) is 12.7. The lowest BCUT2D eigenvalue weighted by Gasteiger charge is -2.16. The number of benzene rings is 1. The van der Waals surface area contributed by atoms with E-state index < -0.39 is 42.3 Å². The predicted molar refractivity (Wildman–Crippen MR) is 92.8 cm³/mol. The molecule has 0 aliphatic heterocycles. The van der Waals surface area contributed by atoms with Gasteiger partial charge in [0, 0.05) is 18.5 Å². The highest BCUT2D eigenvalue weighted by atomic mass is 19.4. The van der Waals surface area contributed by atoms with E-state index in [9.17, 15) is 44.6 Å². The molecule has 2 aromatic rings. The fourth-order valence-corrected chi connectivity index (χ4v) is 2.64. The SMILES string of the molecule is O[C@@H](CNCCCC(F)(F)F)c1cc(-c2ccc(C(F)(F)F)cc2)nc(C(F)(F)F)c1. The van der Waals surface area contributed by atoms with Crippen LogP contribution in [-0.2, 0) is 12.4 Å². The molecule has 0 saturated heterocycles. The number of pyridine rings is 1. The van der Waals surface area contributed by atoms with Crippen molar-refractivity contribution in [3.63, 3.8) is 0 Å². The summed E-state index contributed by atoms with van der Waals surface area (Å²) in [6, 6.07) is 4.95. The normalized spacial score (nSPS) is 14.0. The van der Waals surface area contributed by atoms with Crippen LogP contribution in [-0.4, -0.2) is 29.4 Å². The number of aliphatic hydroxyl groups is 1. The minimum atomic E-state index is -4.89. The number of rotatable bonds is 7. The summed E-state index contributed by atoms with van der Waals surface area (Å²) in [5.41, 5.74) is -2.94. The van der Waals surface area contributed by atoms with Gasteiger partial charge in [-0.25, -0.2) is 4.98 Å². The van der Waals surface area contributed by atoms with Crippen LogP contribution in [0.1, 0.15) is 35.8 Å². The largest absolute Gasteiger partial charge is 0.433 e. The van der Waals surface area contributed by atoms with E-state index in [4.69, 9.17) is 0 Å². The van der Waals surface area contributed by atoms with Crippen LogP contribution in [0.5, 0.6) is 0 Å². The minimum absolute atomic E-state index is 0.0364. The van der Waals surface area contributed by atoms with Gasteiger partial charge in [-0.1, -0.05) is 12.1 Å². The van der Waals surface area contributed by atoms with Gasteiger partial charge in [0.2, 0.25) is 0 Å². The second-order valence-corrected chi connectivity index (χ2v) is 6.68. The average Bonchev–Trinajstić information content (AvgIpc) is 2.65. The molecule has 0 bridgehead atoms. The van der Waals surface area contributed by atoms with Gasteiger partial charge in [-0.3, -0.25) is 0 Å². The summed E-state index contributed by atoms with van der Waals surface area (Å²) in [6.45, 7) is -0.453. The highest BCUT2D eigenvalue weighted by Crippen LogP contribution is 2.34. The van der Waals surface area contributed by atoms with Gasteiger partial charge in [0.05, 0.1) is 17.4 Å². The molecule has 0 aliphatic rings. The number of alkyl halides is 9. The van der Waals surface area contributed by atoms with Crippen molar-refractivity contribution in [3.8, 4) is 11.3 Å². The number of aromatic nitrogens is 1. The first-order valence-electron chi connectivity index (χ1n) is 8.89. The van der Waals surface area contributed by atoms with Crippen LogP contribution < -0.4 is 5.32 Å². The molecular weight excluding hydrogens is 443 g/mol. The van der Waals surface area contributed by atoms with E-state index in [1.165, 1.54) is 0 Å². The summed E-state index contributed by atoms with van der Waals surface area (Å²) >= 11 is 0. The van der Waals surface area contributed by atoms with Gasteiger partial charge < -0.3 is 10.4 Å². The molecule has 1 atom stereocenters. The molecule has 0 amide bonds. The third-order valence-electron chi connectivity index (χ3n) is 4.18. The van der Waals surface area contributed by atoms with E-state index in [2.05, 4.69) is 10.3 Å². The molecule has 0 radical (unpaired) electrons. The van der Waals surface area contributed by atoms with Crippen molar-refractivity contribution < 1.29 is 44.6 Å². The van der Waals surface area contributed by atoms with Crippen molar-refractivity contribution >= 4 is 0 Å². The first-order chi connectivity index (χ1) is 14.2. The fraction of sp³-hybridized carbons (Fsp3) is 0.421. The first-order valence-corrected chi connectivity index (χ1v) is 8.89. The maximum absolute atomic E-state index is 13.2. The van der Waals surface area contributed by atoms with Crippen molar-refractivity contribution in [1.82, 2.24) is 10.3 Å². The zero-order valence-electron chi connectivity index (χ0n) is 15.7. The van der Waals surface area contributed by atoms with Crippen LogP contribution in [0.3, 0.4) is 0 Å². The summed E-state index contributed by atoms with van der Waals surface area (Å²) < 4.78 is 114. The van der Waals surface area contributed by atoms with Crippen LogP contribution in [0.15, 0.2) is 36.4 Å². The molecule has 2 rings (SSSR count). The van der Waals surface area contributed by atoms with Gasteiger partial charge in [-0.05, 0) is 42.8 Å². The third kappa shape index (κ3) is 7.69. The zero-order valence-corrected chi connectivity index (χ0v) is 15.7. The van der Waals surface area contributed by atoms with Crippen molar-refractivity contribution in [2.24, 2.45) is 0 Å². The highest BCUT2D eigenvalue weighted by Gasteiger charge is 2.34. The molecule has 0 unspecified atom stereocenters. The zero-order chi connectivity index (χ0) is 23.4. The number of halogens is 9. The molecule has 1 aromatic heterocycles. The molecule has 3 nitrogen and oxygen atoms in total. The second kappa shape index (κ2) is 9.43. The van der Waals surface area contributed by atoms with Crippen molar-refractivity contribution in [1.29, 1.82) is 0 Å². The Morgan fingerprint density at radius 1 is 0.871 bits per heavy atom. The lowest BCUT2D eigenvalue weighted by atomic mass is 10.0. The smallest absolute Gasteiger partial charge is 0.387 e. The molecule has 0 saturated carbocycles. The summed E-state index contributed by atoms with van der Waals surface area (Å²) in [4.78, 5) is 3.42. The van der Waals surface area contributed by atoms with Crippen molar-refractivity contribution in [3.05, 3.63) is 53.2 Å². The monoisotopic (exact) mass is 460 g/mol. The molecule has 1 heterocycles. The van der Waals surface area contributed by atoms with Gasteiger partial charge >= 0.3 is 18.5 Å². The van der Waals surface area contributed by atoms with Crippen LogP contribution in [0.4, 0.5) is 39.5 Å². The molecular formula is C19H17F9N2O. The topological polar surface area (TPSA) is 45.1 Å². The second-order valence-electron chi connectivity index (χ2n) is 6.68. The Hall–Kier alpha value is -2.34. The van der Waals surface area contributed by atoms with Gasteiger partial charge in [-0.15, -0.1) is 0 Å². The van der Waals surface area contributed by atoms with E-state index >= 15 is 0 Å². The molecule has 0 spiro atoms. The molecule has 12 heteroatoms. The van der Waals surface area contributed by atoms with E-state index in [1.54, 1.807) is 0 Å². The number of hydrogen-bond acceptors (Lipinski definition) is 3. The lowest BCUT2D eigenvalue weighted by molar-refractivity contribution is -0.141. The molecule has 1 aromatic carbocycles. The Bertz CT molecular complexity index is 859. The van der Waals surface area contributed by atoms with E-state index in [0.29, 0.717) is 18.2 Å². The van der Waals surface area contributed by atoms with Crippen molar-refractivity contribution in [2.75, 3.05) is 13.1 Å². The van der Waals surface area contributed by atoms with Crippen LogP contribution in [0.25, 0.3) is 11.3 Å². The van der Waals surface area contributed by atoms with E-state index in [0.717, 1.165) is 18.2 Å². The number of aliphatic hydroxyl groups excluding tert-OH is 1. The van der Waals surface area contributed by atoms with Gasteiger partial charge in [0.15, 0.2) is 0 Å². The maximum Gasteiger partial charge on any atom is 0.433 e. The molecule has 0 fully saturated rings. The lowest BCUT2D eigenvalue weighted by Crippen LogP contribution is -2.24. The van der Waals surface area contributed by atoms with E-state index in [-0.39, 0.29) is 36.3 Å². The number of nitrogens with one attached hydrogen (secondary N) is 1. The average molecular weight is 460 g/mol. The Labute approximate surface area is 170 Å². The standard InChI is InChI=1S/C19H17F9N2O/c20-17(21,22)6-1-7-29-10-15(31)12-8-14(30-16(9-12)19(26,27)28)11-2-4-13(5-3-11)18(23,24)25/h2-5,8-9,15,29,31H,1,6-7,10H2/t15-/m0/s1.